The normalized spacial score (nSPS) is 26.6. The summed E-state index contributed by atoms with van der Waals surface area (Å²) < 4.78 is 12.0. The number of nitrogens with zero attached hydrogens (tertiary/aromatic N) is 1. The SMILES string of the molecule is CCC(Oc1cccc2ccccc12)C(=O)OC1C[C@H]2CC[C@@H](C1)N2C. The summed E-state index contributed by atoms with van der Waals surface area (Å²) in [7, 11) is 2.19. The van der Waals surface area contributed by atoms with Crippen molar-refractivity contribution in [3.05, 3.63) is 42.5 Å². The quantitative estimate of drug-likeness (QED) is 0.757. The molecule has 4 atom stereocenters. The molecule has 0 radical (unpaired) electrons. The second-order valence-electron chi connectivity index (χ2n) is 7.57. The topological polar surface area (TPSA) is 38.8 Å². The van der Waals surface area contributed by atoms with Gasteiger partial charge in [-0.2, -0.15) is 0 Å². The van der Waals surface area contributed by atoms with Crippen molar-refractivity contribution in [2.24, 2.45) is 0 Å². The Kier molecular flexibility index (Phi) is 4.86. The molecular weight excluding hydrogens is 326 g/mol. The predicted molar refractivity (Wildman–Crippen MR) is 102 cm³/mol. The number of rotatable bonds is 5. The van der Waals surface area contributed by atoms with Crippen LogP contribution in [0.5, 0.6) is 5.75 Å². The van der Waals surface area contributed by atoms with E-state index < -0.39 is 6.10 Å². The molecule has 0 aromatic heterocycles. The molecule has 0 aliphatic carbocycles. The summed E-state index contributed by atoms with van der Waals surface area (Å²) in [5, 5.41) is 2.14. The van der Waals surface area contributed by atoms with Gasteiger partial charge in [0, 0.05) is 17.5 Å². The highest BCUT2D eigenvalue weighted by Crippen LogP contribution is 2.36. The van der Waals surface area contributed by atoms with Crippen LogP contribution in [0, 0.1) is 0 Å². The lowest BCUT2D eigenvalue weighted by Crippen LogP contribution is -2.44. The molecule has 2 bridgehead atoms. The number of benzene rings is 2. The van der Waals surface area contributed by atoms with Crippen molar-refractivity contribution in [2.45, 2.75) is 63.3 Å². The molecular formula is C22H27NO3. The Labute approximate surface area is 155 Å². The van der Waals surface area contributed by atoms with E-state index in [1.54, 1.807) is 0 Å². The van der Waals surface area contributed by atoms with Gasteiger partial charge in [-0.25, -0.2) is 4.79 Å². The summed E-state index contributed by atoms with van der Waals surface area (Å²) in [6, 6.07) is 15.1. The first-order valence-corrected chi connectivity index (χ1v) is 9.72. The maximum absolute atomic E-state index is 12.7. The second-order valence-corrected chi connectivity index (χ2v) is 7.57. The Hall–Kier alpha value is -2.07. The summed E-state index contributed by atoms with van der Waals surface area (Å²) in [5.41, 5.74) is 0. The van der Waals surface area contributed by atoms with Crippen molar-refractivity contribution in [1.82, 2.24) is 4.90 Å². The lowest BCUT2D eigenvalue weighted by Gasteiger charge is -2.36. The van der Waals surface area contributed by atoms with Gasteiger partial charge in [0.2, 0.25) is 0 Å². The van der Waals surface area contributed by atoms with Gasteiger partial charge in [-0.1, -0.05) is 43.3 Å². The van der Waals surface area contributed by atoms with Gasteiger partial charge in [-0.15, -0.1) is 0 Å². The van der Waals surface area contributed by atoms with Crippen LogP contribution in [0.2, 0.25) is 0 Å². The van der Waals surface area contributed by atoms with Crippen LogP contribution in [0.4, 0.5) is 0 Å². The Bertz CT molecular complexity index is 771. The first-order valence-electron chi connectivity index (χ1n) is 9.72. The van der Waals surface area contributed by atoms with Crippen LogP contribution in [0.25, 0.3) is 10.8 Å². The summed E-state index contributed by atoms with van der Waals surface area (Å²) in [5.74, 6) is 0.518. The Morgan fingerprint density at radius 2 is 1.81 bits per heavy atom. The fourth-order valence-electron chi connectivity index (χ4n) is 4.45. The molecule has 2 aliphatic rings. The van der Waals surface area contributed by atoms with Crippen molar-refractivity contribution in [3.8, 4) is 5.75 Å². The summed E-state index contributed by atoms with van der Waals surface area (Å²) in [4.78, 5) is 15.2. The zero-order valence-electron chi connectivity index (χ0n) is 15.6. The van der Waals surface area contributed by atoms with E-state index in [2.05, 4.69) is 24.1 Å². The Balaban J connectivity index is 1.44. The molecule has 4 rings (SSSR count). The van der Waals surface area contributed by atoms with Crippen LogP contribution in [0.1, 0.15) is 39.0 Å². The third kappa shape index (κ3) is 3.30. The van der Waals surface area contributed by atoms with Crippen LogP contribution >= 0.6 is 0 Å². The van der Waals surface area contributed by atoms with Crippen molar-refractivity contribution in [2.75, 3.05) is 7.05 Å². The van der Waals surface area contributed by atoms with Crippen LogP contribution < -0.4 is 4.74 Å². The zero-order valence-corrected chi connectivity index (χ0v) is 15.6. The fourth-order valence-corrected chi connectivity index (χ4v) is 4.45. The predicted octanol–water partition coefficient (Wildman–Crippen LogP) is 4.17. The molecule has 4 nitrogen and oxygen atoms in total. The van der Waals surface area contributed by atoms with Gasteiger partial charge in [-0.05, 0) is 50.6 Å². The number of ether oxygens (including phenoxy) is 2. The highest BCUT2D eigenvalue weighted by molar-refractivity contribution is 5.88. The molecule has 0 amide bonds. The number of piperidine rings is 1. The monoisotopic (exact) mass is 353 g/mol. The number of esters is 1. The highest BCUT2D eigenvalue weighted by Gasteiger charge is 2.40. The third-order valence-electron chi connectivity index (χ3n) is 5.99. The molecule has 4 heteroatoms. The van der Waals surface area contributed by atoms with Gasteiger partial charge in [-0.3, -0.25) is 0 Å². The van der Waals surface area contributed by atoms with Crippen molar-refractivity contribution in [1.29, 1.82) is 0 Å². The van der Waals surface area contributed by atoms with Crippen LogP contribution in [-0.4, -0.2) is 42.2 Å². The highest BCUT2D eigenvalue weighted by atomic mass is 16.6. The third-order valence-corrected chi connectivity index (χ3v) is 5.99. The molecule has 26 heavy (non-hydrogen) atoms. The van der Waals surface area contributed by atoms with E-state index in [1.165, 1.54) is 12.8 Å². The van der Waals surface area contributed by atoms with Crippen molar-refractivity contribution < 1.29 is 14.3 Å². The Morgan fingerprint density at radius 3 is 2.54 bits per heavy atom. The number of carbonyl (C=O) groups excluding carboxylic acids is 1. The zero-order chi connectivity index (χ0) is 18.1. The van der Waals surface area contributed by atoms with Crippen molar-refractivity contribution in [3.63, 3.8) is 0 Å². The molecule has 2 aromatic carbocycles. The van der Waals surface area contributed by atoms with Gasteiger partial charge < -0.3 is 14.4 Å². The van der Waals surface area contributed by atoms with Gasteiger partial charge in [0.15, 0.2) is 6.10 Å². The lowest BCUT2D eigenvalue weighted by atomic mass is 10.0. The largest absolute Gasteiger partial charge is 0.478 e. The molecule has 2 saturated heterocycles. The molecule has 2 unspecified atom stereocenters. The Morgan fingerprint density at radius 1 is 1.12 bits per heavy atom. The van der Waals surface area contributed by atoms with Crippen molar-refractivity contribution >= 4 is 16.7 Å². The standard InChI is InChI=1S/C22H27NO3/c1-3-20(26-21-10-6-8-15-7-4-5-9-19(15)21)22(24)25-18-13-16-11-12-17(14-18)23(16)2/h4-10,16-18,20H,3,11-14H2,1-2H3/t16-,17+,18?,20?. The molecule has 0 N–H and O–H groups in total. The van der Waals surface area contributed by atoms with Crippen LogP contribution in [-0.2, 0) is 9.53 Å². The molecule has 2 heterocycles. The fraction of sp³-hybridized carbons (Fsp3) is 0.500. The average molecular weight is 353 g/mol. The first-order chi connectivity index (χ1) is 12.7. The van der Waals surface area contributed by atoms with Gasteiger partial charge in [0.05, 0.1) is 0 Å². The maximum Gasteiger partial charge on any atom is 0.347 e. The molecule has 2 aromatic rings. The summed E-state index contributed by atoms with van der Waals surface area (Å²) >= 11 is 0. The second kappa shape index (κ2) is 7.28. The first kappa shape index (κ1) is 17.3. The van der Waals surface area contributed by atoms with Gasteiger partial charge in [0.1, 0.15) is 11.9 Å². The van der Waals surface area contributed by atoms with Crippen LogP contribution in [0.3, 0.4) is 0 Å². The smallest absolute Gasteiger partial charge is 0.347 e. The van der Waals surface area contributed by atoms with E-state index in [0.29, 0.717) is 18.5 Å². The van der Waals surface area contributed by atoms with E-state index in [0.717, 1.165) is 29.4 Å². The molecule has 0 spiro atoms. The number of carbonyl (C=O) groups is 1. The van der Waals surface area contributed by atoms with Crippen LogP contribution in [0.15, 0.2) is 42.5 Å². The minimum absolute atomic E-state index is 0.0290. The van der Waals surface area contributed by atoms with E-state index in [9.17, 15) is 4.79 Å². The molecule has 0 saturated carbocycles. The molecule has 2 aliphatic heterocycles. The lowest BCUT2D eigenvalue weighted by molar-refractivity contribution is -0.160. The van der Waals surface area contributed by atoms with Gasteiger partial charge in [0.25, 0.3) is 0 Å². The summed E-state index contributed by atoms with van der Waals surface area (Å²) in [6.45, 7) is 1.97. The minimum Gasteiger partial charge on any atom is -0.478 e. The number of hydrogen-bond donors (Lipinski definition) is 0. The molecule has 138 valence electrons. The van der Waals surface area contributed by atoms with E-state index in [-0.39, 0.29) is 12.1 Å². The van der Waals surface area contributed by atoms with E-state index in [1.807, 2.05) is 37.3 Å². The van der Waals surface area contributed by atoms with Gasteiger partial charge >= 0.3 is 5.97 Å². The number of fused-ring (bicyclic) bond motifs is 3. The maximum atomic E-state index is 12.7. The average Bonchev–Trinajstić information content (AvgIpc) is 2.87. The van der Waals surface area contributed by atoms with E-state index in [4.69, 9.17) is 9.47 Å². The molecule has 2 fully saturated rings. The summed E-state index contributed by atoms with van der Waals surface area (Å²) in [6.07, 6.45) is 4.41. The number of hydrogen-bond acceptors (Lipinski definition) is 4. The minimum atomic E-state index is -0.557. The van der Waals surface area contributed by atoms with E-state index >= 15 is 0 Å².